The third kappa shape index (κ3) is 2.87. The van der Waals surface area contributed by atoms with Crippen LogP contribution < -0.4 is 11.1 Å². The number of aromatic nitrogens is 1. The number of nitriles is 1. The standard InChI is InChI=1S/C14H12N4O/c1-9-6-12(16)8-17-13(9)18-14(19)11-4-2-10(7-15)3-5-11/h2-6,8H,16H2,1H3,(H,17,18,19). The number of pyridine rings is 1. The fourth-order valence-electron chi connectivity index (χ4n) is 1.60. The van der Waals surface area contributed by atoms with Gasteiger partial charge in [-0.15, -0.1) is 0 Å². The monoisotopic (exact) mass is 252 g/mol. The maximum atomic E-state index is 12.0. The van der Waals surface area contributed by atoms with Crippen LogP contribution >= 0.6 is 0 Å². The van der Waals surface area contributed by atoms with Crippen LogP contribution in [0.25, 0.3) is 0 Å². The van der Waals surface area contributed by atoms with Gasteiger partial charge in [0.15, 0.2) is 0 Å². The zero-order chi connectivity index (χ0) is 13.8. The Labute approximate surface area is 110 Å². The van der Waals surface area contributed by atoms with Crippen LogP contribution in [0, 0.1) is 18.3 Å². The van der Waals surface area contributed by atoms with Crippen molar-refractivity contribution in [1.29, 1.82) is 5.26 Å². The van der Waals surface area contributed by atoms with E-state index in [2.05, 4.69) is 10.3 Å². The number of hydrogen-bond donors (Lipinski definition) is 2. The van der Waals surface area contributed by atoms with Gasteiger partial charge >= 0.3 is 0 Å². The molecule has 2 rings (SSSR count). The maximum Gasteiger partial charge on any atom is 0.256 e. The molecule has 1 aromatic carbocycles. The van der Waals surface area contributed by atoms with Gasteiger partial charge in [-0.1, -0.05) is 0 Å². The summed E-state index contributed by atoms with van der Waals surface area (Å²) in [4.78, 5) is 16.1. The number of amides is 1. The number of rotatable bonds is 2. The van der Waals surface area contributed by atoms with Crippen molar-refractivity contribution in [2.45, 2.75) is 6.92 Å². The summed E-state index contributed by atoms with van der Waals surface area (Å²) < 4.78 is 0. The number of carbonyl (C=O) groups is 1. The van der Waals surface area contributed by atoms with Crippen molar-refractivity contribution in [2.24, 2.45) is 0 Å². The van der Waals surface area contributed by atoms with Gasteiger partial charge in [-0.2, -0.15) is 5.26 Å². The molecule has 0 unspecified atom stereocenters. The molecule has 5 nitrogen and oxygen atoms in total. The Morgan fingerprint density at radius 2 is 2.05 bits per heavy atom. The zero-order valence-electron chi connectivity index (χ0n) is 10.3. The van der Waals surface area contributed by atoms with Crippen LogP contribution in [0.1, 0.15) is 21.5 Å². The van der Waals surface area contributed by atoms with Crippen LogP contribution in [0.4, 0.5) is 11.5 Å². The molecule has 0 saturated carbocycles. The van der Waals surface area contributed by atoms with Crippen molar-refractivity contribution < 1.29 is 4.79 Å². The molecule has 5 heteroatoms. The number of nitrogens with two attached hydrogens (primary N) is 1. The Kier molecular flexibility index (Phi) is 3.44. The molecule has 1 heterocycles. The van der Waals surface area contributed by atoms with Crippen LogP contribution in [0.5, 0.6) is 0 Å². The fourth-order valence-corrected chi connectivity index (χ4v) is 1.60. The maximum absolute atomic E-state index is 12.0. The lowest BCUT2D eigenvalue weighted by atomic mass is 10.1. The van der Waals surface area contributed by atoms with Crippen molar-refractivity contribution >= 4 is 17.4 Å². The summed E-state index contributed by atoms with van der Waals surface area (Å²) in [5.41, 5.74) is 7.92. The number of carbonyl (C=O) groups excluding carboxylic acids is 1. The molecule has 1 amide bonds. The van der Waals surface area contributed by atoms with Gasteiger partial charge in [0.2, 0.25) is 0 Å². The summed E-state index contributed by atoms with van der Waals surface area (Å²) in [7, 11) is 0. The molecule has 0 spiro atoms. The lowest BCUT2D eigenvalue weighted by Gasteiger charge is -2.07. The largest absolute Gasteiger partial charge is 0.397 e. The van der Waals surface area contributed by atoms with Crippen molar-refractivity contribution in [3.05, 3.63) is 53.2 Å². The number of benzene rings is 1. The van der Waals surface area contributed by atoms with E-state index in [1.54, 1.807) is 30.3 Å². The highest BCUT2D eigenvalue weighted by atomic mass is 16.1. The van der Waals surface area contributed by atoms with Gasteiger partial charge < -0.3 is 11.1 Å². The van der Waals surface area contributed by atoms with Gasteiger partial charge in [0, 0.05) is 5.56 Å². The van der Waals surface area contributed by atoms with Gasteiger partial charge in [-0.05, 0) is 42.8 Å². The lowest BCUT2D eigenvalue weighted by molar-refractivity contribution is 0.102. The predicted octanol–water partition coefficient (Wildman–Crippen LogP) is 2.10. The summed E-state index contributed by atoms with van der Waals surface area (Å²) >= 11 is 0. The first-order valence-electron chi connectivity index (χ1n) is 5.64. The van der Waals surface area contributed by atoms with Crippen molar-refractivity contribution in [2.75, 3.05) is 11.1 Å². The van der Waals surface area contributed by atoms with Crippen LogP contribution in [0.2, 0.25) is 0 Å². The molecular weight excluding hydrogens is 240 g/mol. The smallest absolute Gasteiger partial charge is 0.256 e. The minimum Gasteiger partial charge on any atom is -0.397 e. The van der Waals surface area contributed by atoms with E-state index in [4.69, 9.17) is 11.0 Å². The minimum absolute atomic E-state index is 0.273. The van der Waals surface area contributed by atoms with Crippen LogP contribution in [0.15, 0.2) is 36.5 Å². The average Bonchev–Trinajstić information content (AvgIpc) is 2.42. The predicted molar refractivity (Wildman–Crippen MR) is 72.5 cm³/mol. The molecule has 0 fully saturated rings. The summed E-state index contributed by atoms with van der Waals surface area (Å²) in [6.07, 6.45) is 1.49. The van der Waals surface area contributed by atoms with E-state index in [0.29, 0.717) is 22.6 Å². The van der Waals surface area contributed by atoms with E-state index < -0.39 is 0 Å². The first kappa shape index (κ1) is 12.6. The number of nitrogen functional groups attached to an aromatic ring is 1. The second-order valence-corrected chi connectivity index (χ2v) is 4.08. The van der Waals surface area contributed by atoms with Gasteiger partial charge in [0.25, 0.3) is 5.91 Å². The highest BCUT2D eigenvalue weighted by molar-refractivity contribution is 6.04. The molecule has 0 aliphatic heterocycles. The van der Waals surface area contributed by atoms with E-state index in [-0.39, 0.29) is 5.91 Å². The van der Waals surface area contributed by atoms with Crippen LogP contribution in [-0.2, 0) is 0 Å². The Bertz CT molecular complexity index is 656. The average molecular weight is 252 g/mol. The molecule has 0 bridgehead atoms. The Balaban J connectivity index is 2.18. The number of aryl methyl sites for hydroxylation is 1. The highest BCUT2D eigenvalue weighted by Gasteiger charge is 2.08. The molecule has 3 N–H and O–H groups in total. The second kappa shape index (κ2) is 5.19. The molecule has 0 aliphatic rings. The Hall–Kier alpha value is -2.87. The molecule has 19 heavy (non-hydrogen) atoms. The van der Waals surface area contributed by atoms with E-state index in [0.717, 1.165) is 5.56 Å². The highest BCUT2D eigenvalue weighted by Crippen LogP contribution is 2.15. The minimum atomic E-state index is -0.273. The number of hydrogen-bond acceptors (Lipinski definition) is 4. The quantitative estimate of drug-likeness (QED) is 0.856. The van der Waals surface area contributed by atoms with Crippen molar-refractivity contribution in [3.63, 3.8) is 0 Å². The second-order valence-electron chi connectivity index (χ2n) is 4.08. The van der Waals surface area contributed by atoms with E-state index in [1.807, 2.05) is 13.0 Å². The Morgan fingerprint density at radius 1 is 1.37 bits per heavy atom. The molecule has 0 atom stereocenters. The van der Waals surface area contributed by atoms with Crippen LogP contribution in [-0.4, -0.2) is 10.9 Å². The topological polar surface area (TPSA) is 91.8 Å². The van der Waals surface area contributed by atoms with Crippen molar-refractivity contribution in [3.8, 4) is 6.07 Å². The molecule has 94 valence electrons. The van der Waals surface area contributed by atoms with Gasteiger partial charge in [-0.3, -0.25) is 4.79 Å². The molecule has 0 aliphatic carbocycles. The van der Waals surface area contributed by atoms with E-state index in [9.17, 15) is 4.79 Å². The zero-order valence-corrected chi connectivity index (χ0v) is 10.3. The number of nitrogens with zero attached hydrogens (tertiary/aromatic N) is 2. The normalized spacial score (nSPS) is 9.68. The third-order valence-corrected chi connectivity index (χ3v) is 2.61. The van der Waals surface area contributed by atoms with Gasteiger partial charge in [0.1, 0.15) is 5.82 Å². The van der Waals surface area contributed by atoms with E-state index >= 15 is 0 Å². The molecule has 0 radical (unpaired) electrons. The summed E-state index contributed by atoms with van der Waals surface area (Å²) in [6, 6.07) is 10.1. The molecule has 2 aromatic rings. The molecular formula is C14H12N4O. The first-order chi connectivity index (χ1) is 9.10. The first-order valence-corrected chi connectivity index (χ1v) is 5.64. The van der Waals surface area contributed by atoms with Crippen LogP contribution in [0.3, 0.4) is 0 Å². The third-order valence-electron chi connectivity index (χ3n) is 2.61. The fraction of sp³-hybridized carbons (Fsp3) is 0.0714. The molecule has 1 aromatic heterocycles. The summed E-state index contributed by atoms with van der Waals surface area (Å²) in [5.74, 6) is 0.202. The lowest BCUT2D eigenvalue weighted by Crippen LogP contribution is -2.14. The number of anilines is 2. The van der Waals surface area contributed by atoms with Gasteiger partial charge in [-0.25, -0.2) is 4.98 Å². The van der Waals surface area contributed by atoms with E-state index in [1.165, 1.54) is 6.20 Å². The summed E-state index contributed by atoms with van der Waals surface area (Å²) in [6.45, 7) is 1.82. The summed E-state index contributed by atoms with van der Waals surface area (Å²) in [5, 5.41) is 11.4. The van der Waals surface area contributed by atoms with Crippen molar-refractivity contribution in [1.82, 2.24) is 4.98 Å². The Morgan fingerprint density at radius 3 is 2.63 bits per heavy atom. The molecule has 0 saturated heterocycles. The van der Waals surface area contributed by atoms with Gasteiger partial charge in [0.05, 0.1) is 23.5 Å². The SMILES string of the molecule is Cc1cc(N)cnc1NC(=O)c1ccc(C#N)cc1. The number of nitrogens with one attached hydrogen (secondary N) is 1.